The molecule has 2 heterocycles. The second-order valence-electron chi connectivity index (χ2n) is 4.27. The van der Waals surface area contributed by atoms with E-state index in [-0.39, 0.29) is 0 Å². The van der Waals surface area contributed by atoms with Crippen LogP contribution in [0.5, 0.6) is 0 Å². The molecule has 0 aliphatic rings. The van der Waals surface area contributed by atoms with Crippen molar-refractivity contribution in [2.45, 2.75) is 6.92 Å². The van der Waals surface area contributed by atoms with Crippen molar-refractivity contribution in [1.82, 2.24) is 9.97 Å². The molecule has 3 rings (SSSR count). The Morgan fingerprint density at radius 3 is 2.65 bits per heavy atom. The SMILES string of the molecule is Cc1sc(-c2ccc(Cl)cn2)nc1-c1ccccc1Br. The molecule has 0 bridgehead atoms. The van der Waals surface area contributed by atoms with Gasteiger partial charge in [0.25, 0.3) is 0 Å². The largest absolute Gasteiger partial charge is 0.252 e. The molecule has 0 N–H and O–H groups in total. The van der Waals surface area contributed by atoms with Gasteiger partial charge in [-0.1, -0.05) is 45.7 Å². The van der Waals surface area contributed by atoms with Crippen molar-refractivity contribution in [2.75, 3.05) is 0 Å². The topological polar surface area (TPSA) is 25.8 Å². The molecule has 3 aromatic rings. The summed E-state index contributed by atoms with van der Waals surface area (Å²) in [6, 6.07) is 11.8. The summed E-state index contributed by atoms with van der Waals surface area (Å²) < 4.78 is 1.05. The molecule has 0 aliphatic heterocycles. The van der Waals surface area contributed by atoms with Crippen molar-refractivity contribution in [3.63, 3.8) is 0 Å². The van der Waals surface area contributed by atoms with Crippen molar-refractivity contribution in [3.05, 3.63) is 57.0 Å². The van der Waals surface area contributed by atoms with E-state index in [0.717, 1.165) is 26.4 Å². The van der Waals surface area contributed by atoms with E-state index in [2.05, 4.69) is 33.9 Å². The minimum atomic E-state index is 0.632. The molecule has 1 aromatic carbocycles. The van der Waals surface area contributed by atoms with Crippen LogP contribution in [-0.2, 0) is 0 Å². The first-order chi connectivity index (χ1) is 9.65. The van der Waals surface area contributed by atoms with E-state index in [1.165, 1.54) is 4.88 Å². The van der Waals surface area contributed by atoms with E-state index in [4.69, 9.17) is 16.6 Å². The first kappa shape index (κ1) is 13.7. The normalized spacial score (nSPS) is 10.8. The van der Waals surface area contributed by atoms with Crippen molar-refractivity contribution >= 4 is 38.9 Å². The molecule has 0 amide bonds. The summed E-state index contributed by atoms with van der Waals surface area (Å²) in [5, 5.41) is 1.54. The van der Waals surface area contributed by atoms with E-state index in [1.54, 1.807) is 17.5 Å². The van der Waals surface area contributed by atoms with Gasteiger partial charge in [-0.3, -0.25) is 4.98 Å². The van der Waals surface area contributed by atoms with Gasteiger partial charge in [0, 0.05) is 21.1 Å². The van der Waals surface area contributed by atoms with Crippen molar-refractivity contribution < 1.29 is 0 Å². The summed E-state index contributed by atoms with van der Waals surface area (Å²) in [7, 11) is 0. The fraction of sp³-hybridized carbons (Fsp3) is 0.0667. The summed E-state index contributed by atoms with van der Waals surface area (Å²) in [6.45, 7) is 2.08. The lowest BCUT2D eigenvalue weighted by molar-refractivity contribution is 1.28. The summed E-state index contributed by atoms with van der Waals surface area (Å²) in [5.41, 5.74) is 2.94. The second-order valence-corrected chi connectivity index (χ2v) is 6.76. The highest BCUT2D eigenvalue weighted by Gasteiger charge is 2.13. The molecule has 100 valence electrons. The van der Waals surface area contributed by atoms with Crippen molar-refractivity contribution in [1.29, 1.82) is 0 Å². The molecule has 2 aromatic heterocycles. The highest BCUT2D eigenvalue weighted by Crippen LogP contribution is 2.35. The van der Waals surface area contributed by atoms with Gasteiger partial charge in [0.15, 0.2) is 0 Å². The third kappa shape index (κ3) is 2.64. The molecule has 0 unspecified atom stereocenters. The van der Waals surface area contributed by atoms with Crippen LogP contribution in [0.3, 0.4) is 0 Å². The van der Waals surface area contributed by atoms with Gasteiger partial charge in [0.05, 0.1) is 16.4 Å². The molecule has 0 saturated heterocycles. The van der Waals surface area contributed by atoms with Gasteiger partial charge < -0.3 is 0 Å². The zero-order valence-electron chi connectivity index (χ0n) is 10.6. The maximum absolute atomic E-state index is 5.87. The van der Waals surface area contributed by atoms with Crippen LogP contribution >= 0.6 is 38.9 Å². The lowest BCUT2D eigenvalue weighted by atomic mass is 10.1. The van der Waals surface area contributed by atoms with Crippen molar-refractivity contribution in [2.24, 2.45) is 0 Å². The van der Waals surface area contributed by atoms with Gasteiger partial charge in [-0.2, -0.15) is 0 Å². The summed E-state index contributed by atoms with van der Waals surface area (Å²) >= 11 is 11.1. The number of rotatable bonds is 2. The van der Waals surface area contributed by atoms with Crippen molar-refractivity contribution in [3.8, 4) is 22.0 Å². The quantitative estimate of drug-likeness (QED) is 0.591. The van der Waals surface area contributed by atoms with Gasteiger partial charge in [0.2, 0.25) is 0 Å². The zero-order chi connectivity index (χ0) is 14.1. The van der Waals surface area contributed by atoms with Crippen LogP contribution in [0.15, 0.2) is 47.1 Å². The summed E-state index contributed by atoms with van der Waals surface area (Å²) in [5.74, 6) is 0. The monoisotopic (exact) mass is 364 g/mol. The van der Waals surface area contributed by atoms with Gasteiger partial charge in [-0.25, -0.2) is 4.98 Å². The molecular formula is C15H10BrClN2S. The Balaban J connectivity index is 2.08. The van der Waals surface area contributed by atoms with E-state index in [9.17, 15) is 0 Å². The summed E-state index contributed by atoms with van der Waals surface area (Å²) in [6.07, 6.45) is 1.64. The van der Waals surface area contributed by atoms with Crippen LogP contribution in [0.4, 0.5) is 0 Å². The number of pyridine rings is 1. The Morgan fingerprint density at radius 2 is 1.95 bits per heavy atom. The number of hydrogen-bond acceptors (Lipinski definition) is 3. The Hall–Kier alpha value is -1.23. The number of nitrogens with zero attached hydrogens (tertiary/aromatic N) is 2. The molecule has 20 heavy (non-hydrogen) atoms. The van der Waals surface area contributed by atoms with Gasteiger partial charge >= 0.3 is 0 Å². The second kappa shape index (κ2) is 5.64. The number of benzene rings is 1. The highest BCUT2D eigenvalue weighted by molar-refractivity contribution is 9.10. The Morgan fingerprint density at radius 1 is 1.15 bits per heavy atom. The first-order valence-electron chi connectivity index (χ1n) is 5.99. The minimum absolute atomic E-state index is 0.632. The molecule has 0 radical (unpaired) electrons. The smallest absolute Gasteiger partial charge is 0.142 e. The standard InChI is InChI=1S/C15H10BrClN2S/c1-9-14(11-4-2-3-5-12(11)16)19-15(20-9)13-7-6-10(17)8-18-13/h2-8H,1H3. The first-order valence-corrected chi connectivity index (χ1v) is 7.98. The number of hydrogen-bond donors (Lipinski definition) is 0. The van der Waals surface area contributed by atoms with E-state index >= 15 is 0 Å². The molecule has 0 aliphatic carbocycles. The highest BCUT2D eigenvalue weighted by atomic mass is 79.9. The minimum Gasteiger partial charge on any atom is -0.252 e. The number of aryl methyl sites for hydroxylation is 1. The van der Waals surface area contributed by atoms with Gasteiger partial charge in [0.1, 0.15) is 5.01 Å². The Bertz CT molecular complexity index is 753. The van der Waals surface area contributed by atoms with Crippen LogP contribution in [0.2, 0.25) is 5.02 Å². The molecule has 0 spiro atoms. The number of halogens is 2. The molecule has 0 fully saturated rings. The van der Waals surface area contributed by atoms with E-state index in [0.29, 0.717) is 5.02 Å². The predicted octanol–water partition coefficient (Wildman–Crippen LogP) is 5.60. The van der Waals surface area contributed by atoms with Crippen LogP contribution in [0.1, 0.15) is 4.88 Å². The number of thiazole rings is 1. The summed E-state index contributed by atoms with van der Waals surface area (Å²) in [4.78, 5) is 10.2. The van der Waals surface area contributed by atoms with Gasteiger partial charge in [-0.15, -0.1) is 11.3 Å². The lowest BCUT2D eigenvalue weighted by Crippen LogP contribution is -1.84. The molecule has 2 nitrogen and oxygen atoms in total. The maximum atomic E-state index is 5.87. The third-order valence-electron chi connectivity index (χ3n) is 2.87. The predicted molar refractivity (Wildman–Crippen MR) is 88.2 cm³/mol. The van der Waals surface area contributed by atoms with E-state index in [1.807, 2.05) is 30.3 Å². The number of aromatic nitrogens is 2. The van der Waals surface area contributed by atoms with Crippen LogP contribution in [0, 0.1) is 6.92 Å². The maximum Gasteiger partial charge on any atom is 0.142 e. The van der Waals surface area contributed by atoms with Crippen LogP contribution in [-0.4, -0.2) is 9.97 Å². The lowest BCUT2D eigenvalue weighted by Gasteiger charge is -2.01. The molecule has 0 saturated carbocycles. The average Bonchev–Trinajstić information content (AvgIpc) is 2.82. The molecular weight excluding hydrogens is 356 g/mol. The Labute approximate surface area is 134 Å². The third-order valence-corrected chi connectivity index (χ3v) is 4.78. The Kier molecular flexibility index (Phi) is 3.87. The zero-order valence-corrected chi connectivity index (χ0v) is 13.8. The van der Waals surface area contributed by atoms with E-state index < -0.39 is 0 Å². The fourth-order valence-corrected chi connectivity index (χ4v) is 3.40. The fourth-order valence-electron chi connectivity index (χ4n) is 1.91. The molecule has 0 atom stereocenters. The van der Waals surface area contributed by atoms with Crippen LogP contribution in [0.25, 0.3) is 22.0 Å². The molecule has 5 heteroatoms. The van der Waals surface area contributed by atoms with Crippen LogP contribution < -0.4 is 0 Å². The van der Waals surface area contributed by atoms with Gasteiger partial charge in [-0.05, 0) is 25.1 Å². The average molecular weight is 366 g/mol.